The molecule has 0 atom stereocenters. The summed E-state index contributed by atoms with van der Waals surface area (Å²) in [6, 6.07) is 15.7. The van der Waals surface area contributed by atoms with E-state index in [0.29, 0.717) is 5.95 Å². The van der Waals surface area contributed by atoms with Crippen molar-refractivity contribution < 1.29 is 0 Å². The largest absolute Gasteiger partial charge is 0.355 e. The van der Waals surface area contributed by atoms with Crippen LogP contribution in [0.5, 0.6) is 0 Å². The maximum absolute atomic E-state index is 4.64. The number of rotatable bonds is 4. The fourth-order valence-electron chi connectivity index (χ4n) is 2.70. The first kappa shape index (κ1) is 15.8. The normalized spacial score (nSPS) is 13.5. The maximum atomic E-state index is 4.64. The van der Waals surface area contributed by atoms with Crippen molar-refractivity contribution >= 4 is 22.9 Å². The van der Waals surface area contributed by atoms with Crippen LogP contribution in [0, 0.1) is 0 Å². The maximum Gasteiger partial charge on any atom is 0.227 e. The van der Waals surface area contributed by atoms with E-state index in [4.69, 9.17) is 0 Å². The van der Waals surface area contributed by atoms with Crippen LogP contribution in [0.2, 0.25) is 0 Å². The van der Waals surface area contributed by atoms with E-state index < -0.39 is 0 Å². The summed E-state index contributed by atoms with van der Waals surface area (Å²) in [7, 11) is 0. The predicted molar refractivity (Wildman–Crippen MR) is 104 cm³/mol. The molecule has 2 N–H and O–H groups in total. The Hall–Kier alpha value is -3.73. The predicted octanol–water partition coefficient (Wildman–Crippen LogP) is 4.16. The Morgan fingerprint density at radius 2 is 1.69 bits per heavy atom. The minimum atomic E-state index is 0.553. The van der Waals surface area contributed by atoms with Gasteiger partial charge < -0.3 is 10.6 Å². The van der Waals surface area contributed by atoms with Gasteiger partial charge in [-0.2, -0.15) is 0 Å². The zero-order valence-electron chi connectivity index (χ0n) is 14.1. The number of pyridine rings is 1. The van der Waals surface area contributed by atoms with Crippen molar-refractivity contribution in [1.82, 2.24) is 20.3 Å². The summed E-state index contributed by atoms with van der Waals surface area (Å²) in [6.45, 7) is 4.05. The molecule has 0 amide bonds. The van der Waals surface area contributed by atoms with E-state index in [-0.39, 0.29) is 0 Å². The van der Waals surface area contributed by atoms with Gasteiger partial charge in [0, 0.05) is 46.8 Å². The fraction of sp³-hybridized carbons (Fsp3) is 0. The first-order chi connectivity index (χ1) is 12.8. The lowest BCUT2D eigenvalue weighted by Gasteiger charge is -2.18. The molecule has 0 saturated heterocycles. The molecule has 0 saturated carbocycles. The van der Waals surface area contributed by atoms with Crippen molar-refractivity contribution in [2.75, 3.05) is 5.32 Å². The van der Waals surface area contributed by atoms with Crippen LogP contribution in [0.15, 0.2) is 91.5 Å². The van der Waals surface area contributed by atoms with Crippen LogP contribution >= 0.6 is 0 Å². The summed E-state index contributed by atoms with van der Waals surface area (Å²) in [4.78, 5) is 13.0. The number of dihydropyridines is 1. The van der Waals surface area contributed by atoms with Crippen LogP contribution in [0.3, 0.4) is 0 Å². The molecule has 0 aliphatic carbocycles. The molecule has 0 spiro atoms. The highest BCUT2D eigenvalue weighted by atomic mass is 15.1. The third-order valence-corrected chi connectivity index (χ3v) is 3.90. The zero-order valence-corrected chi connectivity index (χ0v) is 14.1. The average Bonchev–Trinajstić information content (AvgIpc) is 2.69. The summed E-state index contributed by atoms with van der Waals surface area (Å²) in [6.07, 6.45) is 9.31. The lowest BCUT2D eigenvalue weighted by atomic mass is 10.0. The highest BCUT2D eigenvalue weighted by molar-refractivity contribution is 5.86. The Morgan fingerprint density at radius 3 is 2.50 bits per heavy atom. The van der Waals surface area contributed by atoms with Gasteiger partial charge in [-0.25, -0.2) is 9.97 Å². The summed E-state index contributed by atoms with van der Waals surface area (Å²) in [5.74, 6) is 0.553. The second kappa shape index (κ2) is 7.03. The van der Waals surface area contributed by atoms with Crippen molar-refractivity contribution in [1.29, 1.82) is 0 Å². The molecule has 26 heavy (non-hydrogen) atoms. The van der Waals surface area contributed by atoms with E-state index in [2.05, 4.69) is 38.2 Å². The van der Waals surface area contributed by atoms with Crippen LogP contribution in [0.1, 0.15) is 11.3 Å². The van der Waals surface area contributed by atoms with Crippen LogP contribution < -0.4 is 10.6 Å². The number of aromatic nitrogens is 3. The molecule has 0 fully saturated rings. The number of hydrogen-bond donors (Lipinski definition) is 2. The number of nitrogens with one attached hydrogen (secondary N) is 2. The van der Waals surface area contributed by atoms with Gasteiger partial charge in [-0.05, 0) is 42.5 Å². The van der Waals surface area contributed by atoms with Gasteiger partial charge >= 0.3 is 0 Å². The molecule has 1 aliphatic rings. The third-order valence-electron chi connectivity index (χ3n) is 3.90. The van der Waals surface area contributed by atoms with Gasteiger partial charge in [-0.3, -0.25) is 4.98 Å². The van der Waals surface area contributed by atoms with E-state index in [1.54, 1.807) is 18.6 Å². The highest BCUT2D eigenvalue weighted by Gasteiger charge is 2.12. The van der Waals surface area contributed by atoms with E-state index in [9.17, 15) is 0 Å². The molecule has 1 aliphatic heterocycles. The van der Waals surface area contributed by atoms with Crippen molar-refractivity contribution in [3.05, 3.63) is 103 Å². The molecule has 5 heteroatoms. The quantitative estimate of drug-likeness (QED) is 0.747. The molecule has 0 unspecified atom stereocenters. The van der Waals surface area contributed by atoms with E-state index in [1.807, 2.05) is 54.6 Å². The third kappa shape index (κ3) is 3.52. The molecule has 3 aromatic rings. The molecule has 0 bridgehead atoms. The fourth-order valence-corrected chi connectivity index (χ4v) is 2.70. The van der Waals surface area contributed by atoms with Gasteiger partial charge in [0.25, 0.3) is 0 Å². The number of nitrogens with zero attached hydrogens (tertiary/aromatic N) is 3. The molecule has 0 radical (unpaired) electrons. The monoisotopic (exact) mass is 339 g/mol. The van der Waals surface area contributed by atoms with Crippen LogP contribution in [-0.2, 0) is 0 Å². The summed E-state index contributed by atoms with van der Waals surface area (Å²) in [5.41, 5.74) is 5.56. The van der Waals surface area contributed by atoms with Crippen LogP contribution in [0.4, 0.5) is 11.6 Å². The Bertz CT molecular complexity index is 991. The van der Waals surface area contributed by atoms with E-state index in [1.165, 1.54) is 0 Å². The van der Waals surface area contributed by atoms with Gasteiger partial charge in [0.1, 0.15) is 0 Å². The first-order valence-corrected chi connectivity index (χ1v) is 8.23. The molecule has 2 aromatic heterocycles. The number of allylic oxidation sites excluding steroid dienone is 3. The van der Waals surface area contributed by atoms with Gasteiger partial charge in [0.05, 0.1) is 5.69 Å². The van der Waals surface area contributed by atoms with Crippen molar-refractivity contribution in [3.63, 3.8) is 0 Å². The lowest BCUT2D eigenvalue weighted by Crippen LogP contribution is -2.14. The van der Waals surface area contributed by atoms with Gasteiger partial charge in [-0.15, -0.1) is 0 Å². The van der Waals surface area contributed by atoms with Crippen molar-refractivity contribution in [2.45, 2.75) is 0 Å². The topological polar surface area (TPSA) is 62.7 Å². The summed E-state index contributed by atoms with van der Waals surface area (Å²) >= 11 is 0. The molecule has 5 nitrogen and oxygen atoms in total. The van der Waals surface area contributed by atoms with Crippen LogP contribution in [-0.4, -0.2) is 15.0 Å². The van der Waals surface area contributed by atoms with Gasteiger partial charge in [-0.1, -0.05) is 24.8 Å². The lowest BCUT2D eigenvalue weighted by molar-refractivity contribution is 1.11. The second-order valence-corrected chi connectivity index (χ2v) is 5.80. The number of hydrogen-bond acceptors (Lipinski definition) is 5. The Morgan fingerprint density at radius 1 is 0.885 bits per heavy atom. The summed E-state index contributed by atoms with van der Waals surface area (Å²) < 4.78 is 0. The van der Waals surface area contributed by atoms with Crippen molar-refractivity contribution in [2.24, 2.45) is 0 Å². The first-order valence-electron chi connectivity index (χ1n) is 8.23. The molecular formula is C21H17N5. The Balaban J connectivity index is 1.65. The zero-order chi connectivity index (χ0) is 17.8. The minimum absolute atomic E-state index is 0.553. The molecule has 126 valence electrons. The standard InChI is InChI=1S/C21H17N5/c1-15-13-17(14-20(24-15)16-7-10-22-11-8-16)19-9-12-23-21(26-19)25-18-5-3-2-4-6-18/h2-14,24H,1H2,(H,23,25,26). The molecule has 3 heterocycles. The molecule has 4 rings (SSSR count). The van der Waals surface area contributed by atoms with Crippen molar-refractivity contribution in [3.8, 4) is 0 Å². The SMILES string of the molecule is C=C1C=C(c2ccnc(Nc3ccccc3)n2)C=C(c2ccncc2)N1. The smallest absolute Gasteiger partial charge is 0.227 e. The number of anilines is 2. The summed E-state index contributed by atoms with van der Waals surface area (Å²) in [5, 5.41) is 6.51. The Labute approximate surface area is 151 Å². The van der Waals surface area contributed by atoms with E-state index >= 15 is 0 Å². The average molecular weight is 339 g/mol. The minimum Gasteiger partial charge on any atom is -0.355 e. The van der Waals surface area contributed by atoms with Crippen LogP contribution in [0.25, 0.3) is 11.3 Å². The Kier molecular flexibility index (Phi) is 4.26. The second-order valence-electron chi connectivity index (χ2n) is 5.80. The van der Waals surface area contributed by atoms with E-state index in [0.717, 1.165) is 33.9 Å². The van der Waals surface area contributed by atoms with Gasteiger partial charge in [0.15, 0.2) is 0 Å². The molecular weight excluding hydrogens is 322 g/mol. The number of para-hydroxylation sites is 1. The number of benzene rings is 1. The highest BCUT2D eigenvalue weighted by Crippen LogP contribution is 2.26. The van der Waals surface area contributed by atoms with Gasteiger partial charge in [0.2, 0.25) is 5.95 Å². The molecule has 1 aromatic carbocycles.